The monoisotopic (exact) mass is 121 g/mol. The Balaban J connectivity index is 0. The molecule has 0 aliphatic rings. The van der Waals surface area contributed by atoms with Crippen molar-refractivity contribution in [1.82, 2.24) is 5.32 Å². The average Bonchev–Trinajstić information content (AvgIpc) is 1.61. The summed E-state index contributed by atoms with van der Waals surface area (Å²) >= 11 is 0. The summed E-state index contributed by atoms with van der Waals surface area (Å²) in [6.07, 6.45) is -0.208. The molecule has 0 aliphatic heterocycles. The van der Waals surface area contributed by atoms with Crippen LogP contribution in [0.15, 0.2) is 0 Å². The fraction of sp³-hybridized carbons (Fsp3) is 1.00. The van der Waals surface area contributed by atoms with Crippen LogP contribution >= 0.6 is 0 Å². The van der Waals surface area contributed by atoms with E-state index in [9.17, 15) is 0 Å². The molecule has 0 rings (SSSR count). The van der Waals surface area contributed by atoms with Crippen molar-refractivity contribution in [2.75, 3.05) is 13.1 Å². The van der Waals surface area contributed by atoms with Gasteiger partial charge in [0.1, 0.15) is 0 Å². The largest absolute Gasteiger partial charge is 0.412 e. The molecule has 8 heavy (non-hydrogen) atoms. The molecule has 0 amide bonds. The van der Waals surface area contributed by atoms with Crippen molar-refractivity contribution >= 4 is 0 Å². The number of hydrogen-bond acceptors (Lipinski definition) is 2. The minimum absolute atomic E-state index is 0. The minimum Gasteiger partial charge on any atom is -0.412 e. The summed E-state index contributed by atoms with van der Waals surface area (Å²) in [4.78, 5) is 0. The van der Waals surface area contributed by atoms with Gasteiger partial charge in [0, 0.05) is 6.54 Å². The van der Waals surface area contributed by atoms with E-state index in [0.717, 1.165) is 6.54 Å². The molecule has 0 aromatic heterocycles. The van der Waals surface area contributed by atoms with Crippen molar-refractivity contribution in [2.24, 2.45) is 0 Å². The van der Waals surface area contributed by atoms with Crippen LogP contribution in [0.2, 0.25) is 0 Å². The molecule has 1 atom stereocenters. The van der Waals surface area contributed by atoms with Gasteiger partial charge in [-0.2, -0.15) is 0 Å². The third-order valence-electron chi connectivity index (χ3n) is 0.690. The lowest BCUT2D eigenvalue weighted by atomic mass is 10.4. The molecule has 0 spiro atoms. The normalized spacial score (nSPS) is 12.4. The molecule has 3 heteroatoms. The van der Waals surface area contributed by atoms with Crippen molar-refractivity contribution in [3.63, 3.8) is 0 Å². The molecule has 0 aliphatic carbocycles. The van der Waals surface area contributed by atoms with Gasteiger partial charge in [0.25, 0.3) is 0 Å². The SMILES string of the molecule is CCNCC(C)O.O. The highest BCUT2D eigenvalue weighted by Crippen LogP contribution is 1.71. The van der Waals surface area contributed by atoms with Gasteiger partial charge in [0.2, 0.25) is 0 Å². The molecule has 0 aromatic carbocycles. The smallest absolute Gasteiger partial charge is 0.0636 e. The fourth-order valence-corrected chi connectivity index (χ4v) is 0.353. The van der Waals surface area contributed by atoms with Gasteiger partial charge in [0.15, 0.2) is 0 Å². The third-order valence-corrected chi connectivity index (χ3v) is 0.690. The van der Waals surface area contributed by atoms with E-state index in [4.69, 9.17) is 5.11 Å². The van der Waals surface area contributed by atoms with Crippen LogP contribution in [0.3, 0.4) is 0 Å². The van der Waals surface area contributed by atoms with Gasteiger partial charge in [-0.3, -0.25) is 0 Å². The summed E-state index contributed by atoms with van der Waals surface area (Å²) in [6, 6.07) is 0. The quantitative estimate of drug-likeness (QED) is 0.511. The molecule has 0 heterocycles. The number of likely N-dealkylation sites (N-methyl/N-ethyl adjacent to an activating group) is 1. The van der Waals surface area contributed by atoms with E-state index in [-0.39, 0.29) is 11.6 Å². The number of rotatable bonds is 3. The van der Waals surface area contributed by atoms with Gasteiger partial charge in [0.05, 0.1) is 6.10 Å². The van der Waals surface area contributed by atoms with E-state index in [1.165, 1.54) is 0 Å². The molecule has 0 fully saturated rings. The highest BCUT2D eigenvalue weighted by Gasteiger charge is 1.88. The first kappa shape index (κ1) is 10.8. The van der Waals surface area contributed by atoms with Gasteiger partial charge in [-0.05, 0) is 13.5 Å². The van der Waals surface area contributed by atoms with Crippen LogP contribution in [0.4, 0.5) is 0 Å². The molecule has 0 aromatic rings. The summed E-state index contributed by atoms with van der Waals surface area (Å²) in [6.45, 7) is 5.42. The zero-order valence-corrected chi connectivity index (χ0v) is 5.44. The lowest BCUT2D eigenvalue weighted by molar-refractivity contribution is 0.192. The number of aliphatic hydroxyl groups is 1. The maximum Gasteiger partial charge on any atom is 0.0636 e. The number of aliphatic hydroxyl groups excluding tert-OH is 1. The maximum atomic E-state index is 8.62. The molecule has 1 unspecified atom stereocenters. The zero-order chi connectivity index (χ0) is 5.70. The zero-order valence-electron chi connectivity index (χ0n) is 5.44. The number of hydrogen-bond donors (Lipinski definition) is 2. The lowest BCUT2D eigenvalue weighted by Gasteiger charge is -2.01. The van der Waals surface area contributed by atoms with Gasteiger partial charge in [-0.1, -0.05) is 6.92 Å². The van der Waals surface area contributed by atoms with Crippen molar-refractivity contribution in [2.45, 2.75) is 20.0 Å². The van der Waals surface area contributed by atoms with Crippen LogP contribution in [0.5, 0.6) is 0 Å². The molecule has 0 bridgehead atoms. The van der Waals surface area contributed by atoms with Crippen LogP contribution < -0.4 is 5.32 Å². The second kappa shape index (κ2) is 6.88. The van der Waals surface area contributed by atoms with Crippen LogP contribution in [0.1, 0.15) is 13.8 Å². The van der Waals surface area contributed by atoms with Crippen LogP contribution in [0, 0.1) is 0 Å². The van der Waals surface area contributed by atoms with Gasteiger partial charge >= 0.3 is 0 Å². The Hall–Kier alpha value is -0.120. The average molecular weight is 121 g/mol. The first-order valence-corrected chi connectivity index (χ1v) is 2.66. The Labute approximate surface area is 50.0 Å². The van der Waals surface area contributed by atoms with Gasteiger partial charge in [-0.25, -0.2) is 0 Å². The molecule has 52 valence electrons. The topological polar surface area (TPSA) is 63.8 Å². The summed E-state index contributed by atoms with van der Waals surface area (Å²) in [7, 11) is 0. The second-order valence-electron chi connectivity index (χ2n) is 1.66. The maximum absolute atomic E-state index is 8.62. The molecular weight excluding hydrogens is 106 g/mol. The van der Waals surface area contributed by atoms with Crippen molar-refractivity contribution in [1.29, 1.82) is 0 Å². The molecule has 0 saturated carbocycles. The van der Waals surface area contributed by atoms with E-state index < -0.39 is 0 Å². The number of nitrogens with one attached hydrogen (secondary N) is 1. The predicted octanol–water partition coefficient (Wildman–Crippen LogP) is -0.848. The van der Waals surface area contributed by atoms with E-state index in [0.29, 0.717) is 6.54 Å². The Bertz CT molecular complexity index is 39.4. The Morgan fingerprint density at radius 3 is 2.25 bits per heavy atom. The third kappa shape index (κ3) is 9.30. The fourth-order valence-electron chi connectivity index (χ4n) is 0.353. The highest BCUT2D eigenvalue weighted by molar-refractivity contribution is 4.48. The summed E-state index contributed by atoms with van der Waals surface area (Å²) < 4.78 is 0. The van der Waals surface area contributed by atoms with Crippen molar-refractivity contribution < 1.29 is 10.6 Å². The Morgan fingerprint density at radius 1 is 1.62 bits per heavy atom. The van der Waals surface area contributed by atoms with Gasteiger partial charge < -0.3 is 15.9 Å². The molecule has 4 N–H and O–H groups in total. The summed E-state index contributed by atoms with van der Waals surface area (Å²) in [5, 5.41) is 11.6. The highest BCUT2D eigenvalue weighted by atomic mass is 16.3. The lowest BCUT2D eigenvalue weighted by Crippen LogP contribution is -2.23. The van der Waals surface area contributed by atoms with Crippen LogP contribution in [0.25, 0.3) is 0 Å². The van der Waals surface area contributed by atoms with E-state index in [1.807, 2.05) is 6.92 Å². The van der Waals surface area contributed by atoms with Crippen molar-refractivity contribution in [3.05, 3.63) is 0 Å². The van der Waals surface area contributed by atoms with Crippen molar-refractivity contribution in [3.8, 4) is 0 Å². The van der Waals surface area contributed by atoms with Crippen LogP contribution in [-0.4, -0.2) is 29.8 Å². The first-order valence-electron chi connectivity index (χ1n) is 2.66. The van der Waals surface area contributed by atoms with Crippen LogP contribution in [-0.2, 0) is 0 Å². The van der Waals surface area contributed by atoms with E-state index in [2.05, 4.69) is 5.32 Å². The molecular formula is C5H15NO2. The van der Waals surface area contributed by atoms with E-state index in [1.54, 1.807) is 6.92 Å². The minimum atomic E-state index is -0.208. The summed E-state index contributed by atoms with van der Waals surface area (Å²) in [5.41, 5.74) is 0. The Morgan fingerprint density at radius 2 is 2.12 bits per heavy atom. The Kier molecular flexibility index (Phi) is 9.28. The first-order chi connectivity index (χ1) is 3.27. The second-order valence-corrected chi connectivity index (χ2v) is 1.66. The molecule has 0 saturated heterocycles. The predicted molar refractivity (Wildman–Crippen MR) is 33.8 cm³/mol. The van der Waals surface area contributed by atoms with Gasteiger partial charge in [-0.15, -0.1) is 0 Å². The molecule has 3 nitrogen and oxygen atoms in total. The molecule has 0 radical (unpaired) electrons. The standard InChI is InChI=1S/C5H13NO.H2O/c1-3-6-4-5(2)7;/h5-7H,3-4H2,1-2H3;1H2. The van der Waals surface area contributed by atoms with E-state index >= 15 is 0 Å². The summed E-state index contributed by atoms with van der Waals surface area (Å²) in [5.74, 6) is 0.